The van der Waals surface area contributed by atoms with Gasteiger partial charge in [-0.3, -0.25) is 0 Å². The monoisotopic (exact) mass is 276 g/mol. The molecule has 1 atom stereocenters. The second-order valence-electron chi connectivity index (χ2n) is 3.38. The van der Waals surface area contributed by atoms with Crippen molar-refractivity contribution in [3.05, 3.63) is 33.3 Å². The fourth-order valence-corrected chi connectivity index (χ4v) is 2.08. The second kappa shape index (κ2) is 5.12. The van der Waals surface area contributed by atoms with Gasteiger partial charge in [0.1, 0.15) is 0 Å². The van der Waals surface area contributed by atoms with Crippen molar-refractivity contribution in [2.24, 2.45) is 5.73 Å². The second-order valence-corrected chi connectivity index (χ2v) is 4.67. The van der Waals surface area contributed by atoms with Gasteiger partial charge in [0.2, 0.25) is 0 Å². The van der Waals surface area contributed by atoms with Crippen LogP contribution in [0.5, 0.6) is 0 Å². The summed E-state index contributed by atoms with van der Waals surface area (Å²) in [5, 5.41) is 0.739. The Kier molecular flexibility index (Phi) is 4.38. The van der Waals surface area contributed by atoms with E-state index in [0.29, 0.717) is 6.54 Å². The molecule has 0 aliphatic carbocycles. The zero-order chi connectivity index (χ0) is 10.7. The molecule has 0 spiro atoms. The summed E-state index contributed by atoms with van der Waals surface area (Å²) in [5.74, 6) is 0. The molecule has 2 nitrogen and oxygen atoms in total. The van der Waals surface area contributed by atoms with Gasteiger partial charge in [-0.25, -0.2) is 0 Å². The number of benzene rings is 1. The molecule has 1 aromatic carbocycles. The Morgan fingerprint density at radius 3 is 2.64 bits per heavy atom. The lowest BCUT2D eigenvalue weighted by Gasteiger charge is -2.24. The van der Waals surface area contributed by atoms with E-state index in [-0.39, 0.29) is 6.04 Å². The molecule has 4 heteroatoms. The van der Waals surface area contributed by atoms with Crippen LogP contribution in [0.3, 0.4) is 0 Å². The largest absolute Gasteiger partial charge is 0.329 e. The minimum atomic E-state index is 0.197. The summed E-state index contributed by atoms with van der Waals surface area (Å²) in [6, 6.07) is 5.95. The van der Waals surface area contributed by atoms with Crippen LogP contribution in [0.25, 0.3) is 0 Å². The molecule has 1 aromatic rings. The van der Waals surface area contributed by atoms with Crippen LogP contribution >= 0.6 is 27.5 Å². The Labute approximate surface area is 98.2 Å². The van der Waals surface area contributed by atoms with Crippen molar-refractivity contribution in [1.82, 2.24) is 4.90 Å². The van der Waals surface area contributed by atoms with E-state index in [9.17, 15) is 0 Å². The summed E-state index contributed by atoms with van der Waals surface area (Å²) >= 11 is 9.44. The molecule has 0 aromatic heterocycles. The molecule has 14 heavy (non-hydrogen) atoms. The zero-order valence-corrected chi connectivity index (χ0v) is 10.6. The molecule has 0 saturated carbocycles. The van der Waals surface area contributed by atoms with Gasteiger partial charge in [0.25, 0.3) is 0 Å². The summed E-state index contributed by atoms with van der Waals surface area (Å²) in [7, 11) is 4.01. The minimum absolute atomic E-state index is 0.197. The standard InChI is InChI=1S/C10H14BrClN2/c1-14(2)10(6-13)8-5-7(12)3-4-9(8)11/h3-5,10H,6,13H2,1-2H3. The van der Waals surface area contributed by atoms with Crippen LogP contribution in [0.4, 0.5) is 0 Å². The van der Waals surface area contributed by atoms with Crippen molar-refractivity contribution < 1.29 is 0 Å². The molecule has 0 bridgehead atoms. The lowest BCUT2D eigenvalue weighted by molar-refractivity contribution is 0.305. The van der Waals surface area contributed by atoms with Crippen LogP contribution < -0.4 is 5.73 Å². The topological polar surface area (TPSA) is 29.3 Å². The molecule has 0 aliphatic rings. The first-order chi connectivity index (χ1) is 6.56. The lowest BCUT2D eigenvalue weighted by atomic mass is 10.1. The molecule has 0 heterocycles. The molecular weight excluding hydrogens is 263 g/mol. The Morgan fingerprint density at radius 1 is 1.50 bits per heavy atom. The summed E-state index contributed by atoms with van der Waals surface area (Å²) < 4.78 is 1.05. The van der Waals surface area contributed by atoms with Crippen molar-refractivity contribution in [2.75, 3.05) is 20.6 Å². The molecule has 0 fully saturated rings. The average Bonchev–Trinajstić information content (AvgIpc) is 2.11. The molecule has 0 saturated heterocycles. The molecule has 0 amide bonds. The lowest BCUT2D eigenvalue weighted by Crippen LogP contribution is -2.27. The minimum Gasteiger partial charge on any atom is -0.329 e. The van der Waals surface area contributed by atoms with Crippen molar-refractivity contribution >= 4 is 27.5 Å². The number of hydrogen-bond acceptors (Lipinski definition) is 2. The highest BCUT2D eigenvalue weighted by Crippen LogP contribution is 2.28. The van der Waals surface area contributed by atoms with E-state index in [1.807, 2.05) is 32.3 Å². The molecule has 2 N–H and O–H groups in total. The van der Waals surface area contributed by atoms with Crippen LogP contribution in [0, 0.1) is 0 Å². The number of hydrogen-bond donors (Lipinski definition) is 1. The van der Waals surface area contributed by atoms with E-state index in [0.717, 1.165) is 15.1 Å². The van der Waals surface area contributed by atoms with E-state index in [4.69, 9.17) is 17.3 Å². The molecule has 0 radical (unpaired) electrons. The smallest absolute Gasteiger partial charge is 0.0476 e. The van der Waals surface area contributed by atoms with E-state index < -0.39 is 0 Å². The van der Waals surface area contributed by atoms with Crippen molar-refractivity contribution in [1.29, 1.82) is 0 Å². The highest BCUT2D eigenvalue weighted by Gasteiger charge is 2.15. The first kappa shape index (κ1) is 12.0. The maximum atomic E-state index is 5.94. The number of nitrogens with zero attached hydrogens (tertiary/aromatic N) is 1. The van der Waals surface area contributed by atoms with Gasteiger partial charge in [0, 0.05) is 22.1 Å². The summed E-state index contributed by atoms with van der Waals surface area (Å²) in [4.78, 5) is 2.08. The van der Waals surface area contributed by atoms with Gasteiger partial charge >= 0.3 is 0 Å². The third-order valence-electron chi connectivity index (χ3n) is 2.16. The number of nitrogens with two attached hydrogens (primary N) is 1. The van der Waals surface area contributed by atoms with Gasteiger partial charge in [-0.1, -0.05) is 27.5 Å². The van der Waals surface area contributed by atoms with Crippen LogP contribution in [0.15, 0.2) is 22.7 Å². The van der Waals surface area contributed by atoms with E-state index in [1.165, 1.54) is 0 Å². The van der Waals surface area contributed by atoms with Crippen molar-refractivity contribution in [3.63, 3.8) is 0 Å². The average molecular weight is 278 g/mol. The normalized spacial score (nSPS) is 13.3. The number of halogens is 2. The molecule has 0 aliphatic heterocycles. The van der Waals surface area contributed by atoms with Crippen LogP contribution in [0.1, 0.15) is 11.6 Å². The molecule has 1 unspecified atom stereocenters. The predicted octanol–water partition coefficient (Wildman–Crippen LogP) is 2.66. The third-order valence-corrected chi connectivity index (χ3v) is 3.12. The molecular formula is C10H14BrClN2. The van der Waals surface area contributed by atoms with Crippen LogP contribution in [-0.2, 0) is 0 Å². The van der Waals surface area contributed by atoms with E-state index >= 15 is 0 Å². The summed E-state index contributed by atoms with van der Waals surface area (Å²) in [6.07, 6.45) is 0. The Morgan fingerprint density at radius 2 is 2.14 bits per heavy atom. The Hall–Kier alpha value is -0.0900. The zero-order valence-electron chi connectivity index (χ0n) is 8.30. The van der Waals surface area contributed by atoms with E-state index in [2.05, 4.69) is 20.8 Å². The number of rotatable bonds is 3. The van der Waals surface area contributed by atoms with Gasteiger partial charge in [-0.2, -0.15) is 0 Å². The summed E-state index contributed by atoms with van der Waals surface area (Å²) in [5.41, 5.74) is 6.85. The quantitative estimate of drug-likeness (QED) is 0.920. The van der Waals surface area contributed by atoms with Gasteiger partial charge in [0.05, 0.1) is 0 Å². The van der Waals surface area contributed by atoms with Crippen LogP contribution in [-0.4, -0.2) is 25.5 Å². The SMILES string of the molecule is CN(C)C(CN)c1cc(Cl)ccc1Br. The highest BCUT2D eigenvalue weighted by molar-refractivity contribution is 9.10. The van der Waals surface area contributed by atoms with E-state index in [1.54, 1.807) is 0 Å². The summed E-state index contributed by atoms with van der Waals surface area (Å²) in [6.45, 7) is 0.575. The fraction of sp³-hybridized carbons (Fsp3) is 0.400. The number of likely N-dealkylation sites (N-methyl/N-ethyl adjacent to an activating group) is 1. The predicted molar refractivity (Wildman–Crippen MR) is 64.6 cm³/mol. The first-order valence-corrected chi connectivity index (χ1v) is 5.54. The maximum Gasteiger partial charge on any atom is 0.0476 e. The fourth-order valence-electron chi connectivity index (χ4n) is 1.39. The van der Waals surface area contributed by atoms with Gasteiger partial charge in [-0.15, -0.1) is 0 Å². The van der Waals surface area contributed by atoms with Crippen molar-refractivity contribution in [2.45, 2.75) is 6.04 Å². The van der Waals surface area contributed by atoms with Gasteiger partial charge < -0.3 is 10.6 Å². The Bertz CT molecular complexity index is 315. The molecule has 78 valence electrons. The Balaban J connectivity index is 3.08. The highest BCUT2D eigenvalue weighted by atomic mass is 79.9. The van der Waals surface area contributed by atoms with Crippen molar-refractivity contribution in [3.8, 4) is 0 Å². The maximum absolute atomic E-state index is 5.94. The molecule has 1 rings (SSSR count). The van der Waals surface area contributed by atoms with Gasteiger partial charge in [0.15, 0.2) is 0 Å². The third kappa shape index (κ3) is 2.70. The van der Waals surface area contributed by atoms with Crippen LogP contribution in [0.2, 0.25) is 5.02 Å². The first-order valence-electron chi connectivity index (χ1n) is 4.37. The van der Waals surface area contributed by atoms with Gasteiger partial charge in [-0.05, 0) is 37.9 Å².